The van der Waals surface area contributed by atoms with Gasteiger partial charge in [0.2, 0.25) is 0 Å². The van der Waals surface area contributed by atoms with Gasteiger partial charge >= 0.3 is 5.97 Å². The van der Waals surface area contributed by atoms with Gasteiger partial charge in [-0.1, -0.05) is 60.5 Å². The molecule has 0 radical (unpaired) electrons. The number of aliphatic carboxylic acids is 1. The van der Waals surface area contributed by atoms with Crippen molar-refractivity contribution in [2.75, 3.05) is 6.54 Å². The maximum atomic E-state index is 12.8. The molecule has 1 fully saturated rings. The summed E-state index contributed by atoms with van der Waals surface area (Å²) in [6.45, 7) is 0.281. The lowest BCUT2D eigenvalue weighted by Crippen LogP contribution is -2.30. The first-order valence-electron chi connectivity index (χ1n) is 9.71. The first-order valence-corrected chi connectivity index (χ1v) is 10.1. The molecule has 156 valence electrons. The van der Waals surface area contributed by atoms with Crippen molar-refractivity contribution >= 4 is 35.0 Å². The SMILES string of the molecule is O=C(O)CCCCCN1C(=O)C(=O)C(=C(O)c2ccccc2)[C@@H]1c1ccc(Cl)cc1. The Morgan fingerprint density at radius 3 is 2.23 bits per heavy atom. The van der Waals surface area contributed by atoms with E-state index >= 15 is 0 Å². The van der Waals surface area contributed by atoms with Crippen molar-refractivity contribution in [1.29, 1.82) is 0 Å². The molecule has 2 aromatic carbocycles. The molecule has 0 bridgehead atoms. The molecule has 1 heterocycles. The highest BCUT2D eigenvalue weighted by atomic mass is 35.5. The van der Waals surface area contributed by atoms with E-state index in [4.69, 9.17) is 16.7 Å². The summed E-state index contributed by atoms with van der Waals surface area (Å²) in [5, 5.41) is 20.2. The fraction of sp³-hybridized carbons (Fsp3) is 0.261. The Bertz CT molecular complexity index is 969. The van der Waals surface area contributed by atoms with Crippen LogP contribution in [-0.2, 0) is 14.4 Å². The van der Waals surface area contributed by atoms with Gasteiger partial charge in [0, 0.05) is 23.6 Å². The number of aliphatic hydroxyl groups is 1. The Kier molecular flexibility index (Phi) is 6.90. The summed E-state index contributed by atoms with van der Waals surface area (Å²) in [6.07, 6.45) is 1.72. The topological polar surface area (TPSA) is 94.9 Å². The summed E-state index contributed by atoms with van der Waals surface area (Å²) < 4.78 is 0. The summed E-state index contributed by atoms with van der Waals surface area (Å²) in [4.78, 5) is 37.8. The predicted molar refractivity (Wildman–Crippen MR) is 113 cm³/mol. The minimum atomic E-state index is -0.862. The number of rotatable bonds is 8. The normalized spacial score (nSPS) is 18.0. The summed E-state index contributed by atoms with van der Waals surface area (Å²) in [7, 11) is 0. The van der Waals surface area contributed by atoms with Crippen molar-refractivity contribution in [3.63, 3.8) is 0 Å². The molecule has 0 aliphatic carbocycles. The zero-order chi connectivity index (χ0) is 21.7. The van der Waals surface area contributed by atoms with Crippen LogP contribution < -0.4 is 0 Å². The predicted octanol–water partition coefficient (Wildman–Crippen LogP) is 4.41. The smallest absolute Gasteiger partial charge is 0.303 e. The van der Waals surface area contributed by atoms with Crippen LogP contribution in [0.25, 0.3) is 5.76 Å². The molecular weight excluding hydrogens is 406 g/mol. The van der Waals surface area contributed by atoms with Crippen LogP contribution in [0.15, 0.2) is 60.2 Å². The van der Waals surface area contributed by atoms with Crippen molar-refractivity contribution < 1.29 is 24.6 Å². The fourth-order valence-corrected chi connectivity index (χ4v) is 3.71. The fourth-order valence-electron chi connectivity index (χ4n) is 3.59. The molecule has 0 saturated carbocycles. The van der Waals surface area contributed by atoms with Crippen LogP contribution in [0.3, 0.4) is 0 Å². The highest BCUT2D eigenvalue weighted by Gasteiger charge is 2.45. The second-order valence-corrected chi connectivity index (χ2v) is 7.55. The van der Waals surface area contributed by atoms with E-state index in [9.17, 15) is 19.5 Å². The van der Waals surface area contributed by atoms with Crippen LogP contribution in [0.2, 0.25) is 5.02 Å². The number of nitrogens with zero attached hydrogens (tertiary/aromatic N) is 1. The highest BCUT2D eigenvalue weighted by Crippen LogP contribution is 2.39. The molecule has 2 N–H and O–H groups in total. The number of unbranched alkanes of at least 4 members (excludes halogenated alkanes) is 2. The number of Topliss-reactive ketones (excluding diaryl/α,β-unsaturated/α-hetero) is 1. The molecule has 1 aliphatic rings. The van der Waals surface area contributed by atoms with Crippen molar-refractivity contribution in [2.45, 2.75) is 31.7 Å². The standard InChI is InChI=1S/C23H22ClNO5/c24-17-12-10-15(11-13-17)20-19(21(28)16-7-3-1-4-8-16)22(29)23(30)25(20)14-6-2-5-9-18(26)27/h1,3-4,7-8,10-13,20,28H,2,5-6,9,14H2,(H,26,27)/t20-/m0/s1. The number of amides is 1. The number of carbonyl (C=O) groups excluding carboxylic acids is 2. The maximum absolute atomic E-state index is 12.8. The van der Waals surface area contributed by atoms with Crippen LogP contribution in [0, 0.1) is 0 Å². The van der Waals surface area contributed by atoms with Crippen molar-refractivity contribution in [2.24, 2.45) is 0 Å². The van der Waals surface area contributed by atoms with E-state index in [0.717, 1.165) is 0 Å². The Balaban J connectivity index is 1.95. The van der Waals surface area contributed by atoms with Gasteiger partial charge in [-0.25, -0.2) is 0 Å². The van der Waals surface area contributed by atoms with Crippen LogP contribution in [-0.4, -0.2) is 39.3 Å². The maximum Gasteiger partial charge on any atom is 0.303 e. The van der Waals surface area contributed by atoms with Gasteiger partial charge in [0.1, 0.15) is 5.76 Å². The average molecular weight is 428 g/mol. The molecule has 0 spiro atoms. The molecule has 0 unspecified atom stereocenters. The summed E-state index contributed by atoms with van der Waals surface area (Å²) in [6, 6.07) is 14.7. The van der Waals surface area contributed by atoms with Gasteiger partial charge in [-0.15, -0.1) is 0 Å². The number of hydrogen-bond donors (Lipinski definition) is 2. The molecule has 1 aliphatic heterocycles. The number of carbonyl (C=O) groups is 3. The van der Waals surface area contributed by atoms with Crippen molar-refractivity contribution in [3.8, 4) is 0 Å². The lowest BCUT2D eigenvalue weighted by Gasteiger charge is -2.25. The number of carboxylic acids is 1. The molecule has 30 heavy (non-hydrogen) atoms. The number of likely N-dealkylation sites (tertiary alicyclic amines) is 1. The molecule has 7 heteroatoms. The molecule has 0 aromatic heterocycles. The summed E-state index contributed by atoms with van der Waals surface area (Å²) >= 11 is 5.99. The van der Waals surface area contributed by atoms with Gasteiger partial charge in [0.25, 0.3) is 11.7 Å². The van der Waals surface area contributed by atoms with E-state index < -0.39 is 23.7 Å². The van der Waals surface area contributed by atoms with Crippen molar-refractivity contribution in [3.05, 3.63) is 76.3 Å². The van der Waals surface area contributed by atoms with E-state index in [-0.39, 0.29) is 24.3 Å². The Labute approximate surface area is 179 Å². The number of hydrogen-bond acceptors (Lipinski definition) is 4. The third kappa shape index (κ3) is 4.71. The van der Waals surface area contributed by atoms with Crippen LogP contribution in [0.5, 0.6) is 0 Å². The molecule has 3 rings (SSSR count). The molecule has 1 atom stereocenters. The van der Waals surface area contributed by atoms with Gasteiger partial charge in [0.15, 0.2) is 0 Å². The Morgan fingerprint density at radius 1 is 0.933 bits per heavy atom. The van der Waals surface area contributed by atoms with Gasteiger partial charge in [0.05, 0.1) is 11.6 Å². The summed E-state index contributed by atoms with van der Waals surface area (Å²) in [5.41, 5.74) is 1.16. The highest BCUT2D eigenvalue weighted by molar-refractivity contribution is 6.46. The first kappa shape index (κ1) is 21.6. The number of benzene rings is 2. The molecule has 2 aromatic rings. The second-order valence-electron chi connectivity index (χ2n) is 7.11. The molecular formula is C23H22ClNO5. The monoisotopic (exact) mass is 427 g/mol. The van der Waals surface area contributed by atoms with E-state index in [2.05, 4.69) is 0 Å². The van der Waals surface area contributed by atoms with Crippen LogP contribution in [0.1, 0.15) is 42.9 Å². The van der Waals surface area contributed by atoms with E-state index in [0.29, 0.717) is 35.4 Å². The minimum absolute atomic E-state index is 0.0408. The lowest BCUT2D eigenvalue weighted by atomic mass is 9.95. The van der Waals surface area contributed by atoms with Crippen LogP contribution >= 0.6 is 11.6 Å². The van der Waals surface area contributed by atoms with Crippen molar-refractivity contribution in [1.82, 2.24) is 4.90 Å². The zero-order valence-electron chi connectivity index (χ0n) is 16.3. The summed E-state index contributed by atoms with van der Waals surface area (Å²) in [5.74, 6) is -2.49. The first-order chi connectivity index (χ1) is 14.4. The number of ketones is 1. The Hall–Kier alpha value is -3.12. The molecule has 1 amide bonds. The quantitative estimate of drug-likeness (QED) is 0.281. The zero-order valence-corrected chi connectivity index (χ0v) is 17.0. The molecule has 6 nitrogen and oxygen atoms in total. The number of carboxylic acid groups (broad SMARTS) is 1. The second kappa shape index (κ2) is 9.59. The largest absolute Gasteiger partial charge is 0.507 e. The van der Waals surface area contributed by atoms with E-state index in [1.165, 1.54) is 4.90 Å². The van der Waals surface area contributed by atoms with E-state index in [1.54, 1.807) is 54.6 Å². The molecule has 1 saturated heterocycles. The van der Waals surface area contributed by atoms with Gasteiger partial charge in [-0.2, -0.15) is 0 Å². The average Bonchev–Trinajstić information content (AvgIpc) is 2.99. The van der Waals surface area contributed by atoms with Gasteiger partial charge < -0.3 is 15.1 Å². The van der Waals surface area contributed by atoms with Gasteiger partial charge in [-0.05, 0) is 30.5 Å². The number of aliphatic hydroxyl groups excluding tert-OH is 1. The van der Waals surface area contributed by atoms with Crippen LogP contribution in [0.4, 0.5) is 0 Å². The minimum Gasteiger partial charge on any atom is -0.507 e. The Morgan fingerprint density at radius 2 is 1.60 bits per heavy atom. The lowest BCUT2D eigenvalue weighted by molar-refractivity contribution is -0.140. The van der Waals surface area contributed by atoms with Gasteiger partial charge in [-0.3, -0.25) is 14.4 Å². The third-order valence-electron chi connectivity index (χ3n) is 5.06. The third-order valence-corrected chi connectivity index (χ3v) is 5.31. The van der Waals surface area contributed by atoms with E-state index in [1.807, 2.05) is 0 Å². The number of halogens is 1.